The van der Waals surface area contributed by atoms with Crippen molar-refractivity contribution in [3.63, 3.8) is 0 Å². The van der Waals surface area contributed by atoms with Gasteiger partial charge < -0.3 is 5.11 Å². The Morgan fingerprint density at radius 1 is 0.958 bits per heavy atom. The molecule has 0 radical (unpaired) electrons. The summed E-state index contributed by atoms with van der Waals surface area (Å²) >= 11 is 0. The van der Waals surface area contributed by atoms with E-state index >= 15 is 0 Å². The van der Waals surface area contributed by atoms with Crippen molar-refractivity contribution in [2.24, 2.45) is 0 Å². The number of aliphatic hydroxyl groups excluding tert-OH is 1. The van der Waals surface area contributed by atoms with Gasteiger partial charge in [0.15, 0.2) is 0 Å². The zero-order valence-electron chi connectivity index (χ0n) is 15.5. The van der Waals surface area contributed by atoms with E-state index < -0.39 is 0 Å². The Labute approximate surface area is 146 Å². The van der Waals surface area contributed by atoms with Gasteiger partial charge in [-0.3, -0.25) is 4.98 Å². The van der Waals surface area contributed by atoms with Crippen LogP contribution in [0.2, 0.25) is 0 Å². The quantitative estimate of drug-likeness (QED) is 0.701. The third-order valence-electron chi connectivity index (χ3n) is 4.33. The second-order valence-electron chi connectivity index (χ2n) is 6.82. The lowest BCUT2D eigenvalue weighted by atomic mass is 9.86. The Hall–Kier alpha value is -1.93. The summed E-state index contributed by atoms with van der Waals surface area (Å²) in [7, 11) is 0. The molecule has 2 rings (SSSR count). The predicted octanol–water partition coefficient (Wildman–Crippen LogP) is 5.61. The van der Waals surface area contributed by atoms with Gasteiger partial charge >= 0.3 is 0 Å². The molecule has 0 aliphatic carbocycles. The highest BCUT2D eigenvalue weighted by Crippen LogP contribution is 2.36. The first-order chi connectivity index (χ1) is 11.5. The van der Waals surface area contributed by atoms with E-state index in [4.69, 9.17) is 4.98 Å². The number of hydrogen-bond acceptors (Lipinski definition) is 2. The van der Waals surface area contributed by atoms with Crippen molar-refractivity contribution in [3.8, 4) is 11.1 Å². The van der Waals surface area contributed by atoms with Crippen LogP contribution in [0.3, 0.4) is 0 Å². The number of benzene rings is 1. The Bertz CT molecular complexity index is 700. The van der Waals surface area contributed by atoms with Crippen LogP contribution >= 0.6 is 0 Å². The molecular weight excluding hydrogens is 294 g/mol. The molecular formula is C22H29NO. The van der Waals surface area contributed by atoms with Gasteiger partial charge in [0, 0.05) is 17.0 Å². The van der Waals surface area contributed by atoms with E-state index in [1.807, 2.05) is 13.0 Å². The highest BCUT2D eigenvalue weighted by Gasteiger charge is 2.22. The molecule has 0 aliphatic rings. The van der Waals surface area contributed by atoms with Gasteiger partial charge in [0.25, 0.3) is 0 Å². The molecule has 0 fully saturated rings. The van der Waals surface area contributed by atoms with Crippen LogP contribution in [0.25, 0.3) is 11.1 Å². The van der Waals surface area contributed by atoms with E-state index in [9.17, 15) is 5.11 Å². The molecule has 24 heavy (non-hydrogen) atoms. The van der Waals surface area contributed by atoms with Crippen molar-refractivity contribution >= 4 is 0 Å². The van der Waals surface area contributed by atoms with Crippen LogP contribution in [-0.4, -0.2) is 10.1 Å². The molecule has 128 valence electrons. The Kier molecular flexibility index (Phi) is 6.33. The molecule has 2 aromatic rings. The minimum absolute atomic E-state index is 0.0198. The number of nitrogens with zero attached hydrogens (tertiary/aromatic N) is 1. The van der Waals surface area contributed by atoms with Gasteiger partial charge in [0.1, 0.15) is 0 Å². The fraction of sp³-hybridized carbons (Fsp3) is 0.409. The van der Waals surface area contributed by atoms with Gasteiger partial charge in [-0.1, -0.05) is 70.2 Å². The summed E-state index contributed by atoms with van der Waals surface area (Å²) in [5.74, 6) is 0.626. The molecule has 0 amide bonds. The van der Waals surface area contributed by atoms with Crippen LogP contribution < -0.4 is 0 Å². The van der Waals surface area contributed by atoms with Crippen molar-refractivity contribution < 1.29 is 5.11 Å². The average Bonchev–Trinajstić information content (AvgIpc) is 2.58. The first kappa shape index (κ1) is 18.4. The Balaban J connectivity index is 2.88. The maximum Gasteiger partial charge on any atom is 0.0705 e. The summed E-state index contributed by atoms with van der Waals surface area (Å²) < 4.78 is 0. The summed E-state index contributed by atoms with van der Waals surface area (Å²) in [5, 5.41) is 10.1. The normalized spacial score (nSPS) is 11.8. The molecule has 0 spiro atoms. The van der Waals surface area contributed by atoms with Gasteiger partial charge in [-0.2, -0.15) is 0 Å². The van der Waals surface area contributed by atoms with Crippen LogP contribution in [0.1, 0.15) is 69.0 Å². The molecule has 0 saturated heterocycles. The van der Waals surface area contributed by atoms with Crippen LogP contribution in [0, 0.1) is 0 Å². The lowest BCUT2D eigenvalue weighted by Gasteiger charge is -2.23. The van der Waals surface area contributed by atoms with Crippen molar-refractivity contribution in [1.82, 2.24) is 4.98 Å². The third-order valence-corrected chi connectivity index (χ3v) is 4.33. The highest BCUT2D eigenvalue weighted by molar-refractivity contribution is 5.73. The zero-order valence-corrected chi connectivity index (χ0v) is 15.5. The lowest BCUT2D eigenvalue weighted by Crippen LogP contribution is -2.12. The minimum Gasteiger partial charge on any atom is -0.392 e. The van der Waals surface area contributed by atoms with E-state index in [0.717, 1.165) is 28.9 Å². The number of pyridine rings is 1. The second-order valence-corrected chi connectivity index (χ2v) is 6.82. The highest BCUT2D eigenvalue weighted by atomic mass is 16.3. The minimum atomic E-state index is 0.0198. The van der Waals surface area contributed by atoms with Crippen LogP contribution in [0.15, 0.2) is 42.5 Å². The molecule has 0 unspecified atom stereocenters. The number of allylic oxidation sites excluding steroid dienone is 2. The van der Waals surface area contributed by atoms with Crippen molar-refractivity contribution in [2.45, 2.75) is 59.5 Å². The van der Waals surface area contributed by atoms with Crippen molar-refractivity contribution in [1.29, 1.82) is 0 Å². The Morgan fingerprint density at radius 2 is 1.54 bits per heavy atom. The molecule has 0 atom stereocenters. The second kappa shape index (κ2) is 8.25. The predicted molar refractivity (Wildman–Crippen MR) is 102 cm³/mol. The van der Waals surface area contributed by atoms with E-state index in [1.165, 1.54) is 11.1 Å². The van der Waals surface area contributed by atoms with Gasteiger partial charge in [-0.15, -0.1) is 0 Å². The van der Waals surface area contributed by atoms with Gasteiger partial charge in [0.05, 0.1) is 6.61 Å². The number of hydrogen-bond donors (Lipinski definition) is 1. The van der Waals surface area contributed by atoms with E-state index in [-0.39, 0.29) is 12.5 Å². The molecule has 2 nitrogen and oxygen atoms in total. The van der Waals surface area contributed by atoms with E-state index in [2.05, 4.69) is 64.1 Å². The SMILES string of the molecule is CC=CCc1c(C(C)C)nc(C(C)C)c(CO)c1-c1ccccc1. The number of aromatic nitrogens is 1. The van der Waals surface area contributed by atoms with Crippen molar-refractivity contribution in [3.05, 3.63) is 65.0 Å². The smallest absolute Gasteiger partial charge is 0.0705 e. The number of rotatable bonds is 6. The van der Waals surface area contributed by atoms with Gasteiger partial charge in [-0.25, -0.2) is 0 Å². The monoisotopic (exact) mass is 323 g/mol. The molecule has 2 heteroatoms. The van der Waals surface area contributed by atoms with Crippen molar-refractivity contribution in [2.75, 3.05) is 0 Å². The summed E-state index contributed by atoms with van der Waals surface area (Å²) in [6, 6.07) is 10.4. The third kappa shape index (κ3) is 3.76. The standard InChI is InChI=1S/C22H29NO/c1-6-7-13-18-20(17-11-9-8-10-12-17)19(14-24)22(16(4)5)23-21(18)15(2)3/h6-12,15-16,24H,13-14H2,1-5H3. The number of aliphatic hydroxyl groups is 1. The van der Waals surface area contributed by atoms with E-state index in [0.29, 0.717) is 5.92 Å². The summed E-state index contributed by atoms with van der Waals surface area (Å²) in [4.78, 5) is 4.99. The lowest BCUT2D eigenvalue weighted by molar-refractivity contribution is 0.279. The summed E-state index contributed by atoms with van der Waals surface area (Å²) in [6.07, 6.45) is 5.09. The van der Waals surface area contributed by atoms with Crippen LogP contribution in [0.4, 0.5) is 0 Å². The molecule has 0 aliphatic heterocycles. The molecule has 0 saturated carbocycles. The Morgan fingerprint density at radius 3 is 2.04 bits per heavy atom. The molecule has 1 aromatic carbocycles. The molecule has 1 heterocycles. The zero-order chi connectivity index (χ0) is 17.7. The fourth-order valence-corrected chi connectivity index (χ4v) is 3.21. The summed E-state index contributed by atoms with van der Waals surface area (Å²) in [6.45, 7) is 10.7. The topological polar surface area (TPSA) is 33.1 Å². The maximum absolute atomic E-state index is 10.1. The van der Waals surface area contributed by atoms with E-state index in [1.54, 1.807) is 0 Å². The van der Waals surface area contributed by atoms with Gasteiger partial charge in [0.2, 0.25) is 0 Å². The first-order valence-corrected chi connectivity index (χ1v) is 8.84. The summed E-state index contributed by atoms with van der Waals surface area (Å²) in [5.41, 5.74) is 6.70. The van der Waals surface area contributed by atoms with Gasteiger partial charge in [-0.05, 0) is 41.9 Å². The maximum atomic E-state index is 10.1. The first-order valence-electron chi connectivity index (χ1n) is 8.84. The fourth-order valence-electron chi connectivity index (χ4n) is 3.21. The molecule has 1 aromatic heterocycles. The van der Waals surface area contributed by atoms with Crippen LogP contribution in [0.5, 0.6) is 0 Å². The largest absolute Gasteiger partial charge is 0.392 e. The molecule has 0 bridgehead atoms. The molecule has 1 N–H and O–H groups in total. The average molecular weight is 323 g/mol. The van der Waals surface area contributed by atoms with Crippen LogP contribution in [-0.2, 0) is 13.0 Å².